The van der Waals surface area contributed by atoms with Crippen LogP contribution in [-0.4, -0.2) is 14.4 Å². The largest absolute Gasteiger partial charge is 0.416 e. The van der Waals surface area contributed by atoms with E-state index in [2.05, 4.69) is 10.4 Å². The molecule has 10 heteroatoms. The summed E-state index contributed by atoms with van der Waals surface area (Å²) in [5, 5.41) is -0.107. The molecule has 0 saturated carbocycles. The molecule has 0 aliphatic carbocycles. The number of benzene rings is 2. The SMILES string of the molecule is CC(Cl)Sc1cccc(Nn2cnc3c(I)cc(C(F)(F)F)cc3c2=O)c1. The van der Waals surface area contributed by atoms with Crippen LogP contribution >= 0.6 is 46.0 Å². The Kier molecular flexibility index (Phi) is 5.92. The molecule has 4 nitrogen and oxygen atoms in total. The first-order chi connectivity index (χ1) is 12.6. The average Bonchev–Trinajstić information content (AvgIpc) is 2.56. The first-order valence-corrected chi connectivity index (χ1v) is 10.0. The average molecular weight is 526 g/mol. The van der Waals surface area contributed by atoms with Crippen molar-refractivity contribution < 1.29 is 13.2 Å². The number of hydrogen-bond acceptors (Lipinski definition) is 4. The number of nitrogens with one attached hydrogen (secondary N) is 1. The van der Waals surface area contributed by atoms with E-state index in [-0.39, 0.29) is 19.2 Å². The van der Waals surface area contributed by atoms with Crippen molar-refractivity contribution in [1.82, 2.24) is 9.66 Å². The minimum absolute atomic E-state index is 0.107. The lowest BCUT2D eigenvalue weighted by molar-refractivity contribution is -0.137. The molecule has 1 heterocycles. The highest BCUT2D eigenvalue weighted by molar-refractivity contribution is 14.1. The molecule has 2 aromatic carbocycles. The van der Waals surface area contributed by atoms with Crippen LogP contribution in [0.3, 0.4) is 0 Å². The maximum atomic E-state index is 13.1. The Hall–Kier alpha value is -1.46. The van der Waals surface area contributed by atoms with Gasteiger partial charge in [0.25, 0.3) is 5.56 Å². The molecule has 0 aliphatic rings. The zero-order chi connectivity index (χ0) is 19.8. The summed E-state index contributed by atoms with van der Waals surface area (Å²) in [6, 6.07) is 8.97. The van der Waals surface area contributed by atoms with E-state index in [1.54, 1.807) is 40.8 Å². The Bertz CT molecular complexity index is 1060. The van der Waals surface area contributed by atoms with Gasteiger partial charge in [0.2, 0.25) is 0 Å². The molecular formula is C17H12ClF3IN3OS. The van der Waals surface area contributed by atoms with Crippen molar-refractivity contribution in [2.45, 2.75) is 22.7 Å². The molecule has 0 aliphatic heterocycles. The number of alkyl halides is 4. The number of fused-ring (bicyclic) bond motifs is 1. The molecule has 1 atom stereocenters. The van der Waals surface area contributed by atoms with Crippen molar-refractivity contribution in [2.75, 3.05) is 5.43 Å². The van der Waals surface area contributed by atoms with Crippen molar-refractivity contribution in [3.05, 3.63) is 62.2 Å². The molecule has 0 radical (unpaired) electrons. The number of thioether (sulfide) groups is 1. The van der Waals surface area contributed by atoms with Crippen molar-refractivity contribution in [1.29, 1.82) is 0 Å². The monoisotopic (exact) mass is 525 g/mol. The standard InChI is InChI=1S/C17H12ClF3IN3OS/c1-9(18)27-12-4-2-3-11(7-12)24-25-8-23-15-13(16(25)26)5-10(6-14(15)22)17(19,20)21/h2-9,24H,1H3. The van der Waals surface area contributed by atoms with Crippen molar-refractivity contribution >= 4 is 62.5 Å². The topological polar surface area (TPSA) is 46.9 Å². The molecule has 3 rings (SSSR count). The summed E-state index contributed by atoms with van der Waals surface area (Å²) in [5.74, 6) is 0. The highest BCUT2D eigenvalue weighted by Gasteiger charge is 2.31. The predicted molar refractivity (Wildman–Crippen MR) is 110 cm³/mol. The zero-order valence-corrected chi connectivity index (χ0v) is 17.4. The van der Waals surface area contributed by atoms with Gasteiger partial charge in [-0.2, -0.15) is 13.2 Å². The number of rotatable bonds is 4. The smallest absolute Gasteiger partial charge is 0.290 e. The van der Waals surface area contributed by atoms with Crippen LogP contribution in [0.25, 0.3) is 10.9 Å². The number of aromatic nitrogens is 2. The van der Waals surface area contributed by atoms with Crippen LogP contribution in [0.15, 0.2) is 52.4 Å². The predicted octanol–water partition coefficient (Wildman–Crippen LogP) is 5.57. The summed E-state index contributed by atoms with van der Waals surface area (Å²) in [5.41, 5.74) is 2.17. The Morgan fingerprint density at radius 1 is 1.30 bits per heavy atom. The summed E-state index contributed by atoms with van der Waals surface area (Å²) < 4.78 is 40.4. The van der Waals surface area contributed by atoms with Crippen molar-refractivity contribution in [3.8, 4) is 0 Å². The second-order valence-corrected chi connectivity index (χ2v) is 9.06. The van der Waals surface area contributed by atoms with Crippen molar-refractivity contribution in [3.63, 3.8) is 0 Å². The minimum Gasteiger partial charge on any atom is -0.290 e. The first-order valence-electron chi connectivity index (χ1n) is 7.61. The number of nitrogens with zero attached hydrogens (tertiary/aromatic N) is 2. The third kappa shape index (κ3) is 4.69. The fraction of sp³-hybridized carbons (Fsp3) is 0.176. The minimum atomic E-state index is -4.54. The van der Waals surface area contributed by atoms with Crippen LogP contribution in [0.4, 0.5) is 18.9 Å². The quantitative estimate of drug-likeness (QED) is 0.275. The normalized spacial score (nSPS) is 13.0. The van der Waals surface area contributed by atoms with Gasteiger partial charge in [0.15, 0.2) is 0 Å². The lowest BCUT2D eigenvalue weighted by atomic mass is 10.1. The van der Waals surface area contributed by atoms with Crippen molar-refractivity contribution in [2.24, 2.45) is 0 Å². The zero-order valence-electron chi connectivity index (χ0n) is 13.7. The summed E-state index contributed by atoms with van der Waals surface area (Å²) >= 11 is 9.14. The molecular weight excluding hydrogens is 514 g/mol. The summed E-state index contributed by atoms with van der Waals surface area (Å²) in [4.78, 5) is 17.7. The maximum absolute atomic E-state index is 13.1. The van der Waals surface area contributed by atoms with Gasteiger partial charge in [-0.25, -0.2) is 9.66 Å². The molecule has 0 spiro atoms. The molecule has 1 N–H and O–H groups in total. The lowest BCUT2D eigenvalue weighted by Gasteiger charge is -2.13. The third-order valence-corrected chi connectivity index (χ3v) is 5.46. The van der Waals surface area contributed by atoms with Gasteiger partial charge in [-0.05, 0) is 59.8 Å². The Morgan fingerprint density at radius 2 is 2.04 bits per heavy atom. The van der Waals surface area contributed by atoms with Gasteiger partial charge in [-0.15, -0.1) is 23.4 Å². The Labute approximate surface area is 175 Å². The van der Waals surface area contributed by atoms with Crippen LogP contribution in [-0.2, 0) is 6.18 Å². The third-order valence-electron chi connectivity index (χ3n) is 3.52. The fourth-order valence-corrected chi connectivity index (χ4v) is 4.20. The first kappa shape index (κ1) is 20.3. The summed E-state index contributed by atoms with van der Waals surface area (Å²) in [6.07, 6.45) is -3.29. The van der Waals surface area contributed by atoms with Crippen LogP contribution in [0.5, 0.6) is 0 Å². The lowest BCUT2D eigenvalue weighted by Crippen LogP contribution is -2.27. The van der Waals surface area contributed by atoms with E-state index in [9.17, 15) is 18.0 Å². The second-order valence-electron chi connectivity index (χ2n) is 5.57. The Balaban J connectivity index is 2.03. The van der Waals surface area contributed by atoms with E-state index < -0.39 is 17.3 Å². The van der Waals surface area contributed by atoms with Gasteiger partial charge in [0.1, 0.15) is 6.33 Å². The van der Waals surface area contributed by atoms with E-state index in [1.165, 1.54) is 18.1 Å². The fourth-order valence-electron chi connectivity index (χ4n) is 2.40. The highest BCUT2D eigenvalue weighted by atomic mass is 127. The molecule has 3 aromatic rings. The number of halogens is 5. The summed E-state index contributed by atoms with van der Waals surface area (Å²) in [7, 11) is 0. The highest BCUT2D eigenvalue weighted by Crippen LogP contribution is 2.32. The second kappa shape index (κ2) is 7.88. The van der Waals surface area contributed by atoms with Gasteiger partial charge < -0.3 is 0 Å². The van der Waals surface area contributed by atoms with Gasteiger partial charge in [-0.3, -0.25) is 10.2 Å². The molecule has 0 saturated heterocycles. The van der Waals surface area contributed by atoms with Crippen LogP contribution in [0.1, 0.15) is 12.5 Å². The van der Waals surface area contributed by atoms with Gasteiger partial charge >= 0.3 is 6.18 Å². The van der Waals surface area contributed by atoms with E-state index in [0.29, 0.717) is 5.69 Å². The maximum Gasteiger partial charge on any atom is 0.416 e. The van der Waals surface area contributed by atoms with E-state index in [0.717, 1.165) is 21.7 Å². The molecule has 0 fully saturated rings. The van der Waals surface area contributed by atoms with Crippen LogP contribution < -0.4 is 11.0 Å². The van der Waals surface area contributed by atoms with E-state index in [4.69, 9.17) is 11.6 Å². The molecule has 27 heavy (non-hydrogen) atoms. The molecule has 1 aromatic heterocycles. The molecule has 142 valence electrons. The molecule has 0 bridgehead atoms. The van der Waals surface area contributed by atoms with Gasteiger partial charge in [0.05, 0.1) is 26.9 Å². The Morgan fingerprint density at radius 3 is 2.70 bits per heavy atom. The van der Waals surface area contributed by atoms with E-state index in [1.807, 2.05) is 13.0 Å². The number of hydrogen-bond donors (Lipinski definition) is 1. The van der Waals surface area contributed by atoms with Gasteiger partial charge in [0, 0.05) is 8.47 Å². The van der Waals surface area contributed by atoms with Gasteiger partial charge in [-0.1, -0.05) is 6.07 Å². The molecule has 1 unspecified atom stereocenters. The van der Waals surface area contributed by atoms with Crippen LogP contribution in [0.2, 0.25) is 0 Å². The van der Waals surface area contributed by atoms with Crippen LogP contribution in [0, 0.1) is 3.57 Å². The van der Waals surface area contributed by atoms with E-state index >= 15 is 0 Å². The number of anilines is 1. The molecule has 0 amide bonds. The summed E-state index contributed by atoms with van der Waals surface area (Å²) in [6.45, 7) is 1.84.